The van der Waals surface area contributed by atoms with Gasteiger partial charge in [-0.15, -0.1) is 0 Å². The second kappa shape index (κ2) is 9.52. The Morgan fingerprint density at radius 2 is 1.89 bits per heavy atom. The van der Waals surface area contributed by atoms with E-state index in [2.05, 4.69) is 27.4 Å². The van der Waals surface area contributed by atoms with Gasteiger partial charge in [0.05, 0.1) is 5.52 Å². The van der Waals surface area contributed by atoms with Gasteiger partial charge >= 0.3 is 6.09 Å². The van der Waals surface area contributed by atoms with Crippen molar-refractivity contribution in [3.05, 3.63) is 60.6 Å². The third kappa shape index (κ3) is 5.53. The predicted molar refractivity (Wildman–Crippen MR) is 135 cm³/mol. The summed E-state index contributed by atoms with van der Waals surface area (Å²) >= 11 is 0. The Morgan fingerprint density at radius 3 is 2.66 bits per heavy atom. The van der Waals surface area contributed by atoms with Gasteiger partial charge in [0.15, 0.2) is 0 Å². The van der Waals surface area contributed by atoms with Crippen LogP contribution in [0.15, 0.2) is 54.9 Å². The van der Waals surface area contributed by atoms with Crippen molar-refractivity contribution in [1.29, 1.82) is 0 Å². The normalized spacial score (nSPS) is 20.1. The molecule has 1 fully saturated rings. The second-order valence-corrected chi connectivity index (χ2v) is 10.1. The number of hydrogen-bond acceptors (Lipinski definition) is 7. The molecule has 1 aliphatic carbocycles. The van der Waals surface area contributed by atoms with Crippen LogP contribution < -0.4 is 10.1 Å². The lowest BCUT2D eigenvalue weighted by molar-refractivity contribution is 0.0270. The standard InChI is InChI=1S/C27H31N5O3/c1-27(2,3)35-26(33)32-14-10-19(11-15-32)24-25(29-13-12-28-24)34-21-16-20(17-21)30-23-9-8-18-6-4-5-7-22(18)31-23/h4-10,12-13,20-21H,11,14-17H2,1-3H3,(H,30,31)/t20-,21+. The molecule has 3 heterocycles. The molecule has 0 saturated heterocycles. The smallest absolute Gasteiger partial charge is 0.410 e. The number of aromatic nitrogens is 3. The lowest BCUT2D eigenvalue weighted by atomic mass is 9.89. The number of rotatable bonds is 5. The number of pyridine rings is 1. The summed E-state index contributed by atoms with van der Waals surface area (Å²) in [5.74, 6) is 1.44. The van der Waals surface area contributed by atoms with E-state index in [0.29, 0.717) is 31.4 Å². The molecular weight excluding hydrogens is 442 g/mol. The van der Waals surface area contributed by atoms with Crippen molar-refractivity contribution in [3.63, 3.8) is 0 Å². The number of carbonyl (C=O) groups is 1. The monoisotopic (exact) mass is 473 g/mol. The Bertz CT molecular complexity index is 1250. The van der Waals surface area contributed by atoms with Crippen molar-refractivity contribution in [3.8, 4) is 5.88 Å². The highest BCUT2D eigenvalue weighted by Crippen LogP contribution is 2.32. The van der Waals surface area contributed by atoms with Crippen LogP contribution in [0.3, 0.4) is 0 Å². The van der Waals surface area contributed by atoms with E-state index in [1.165, 1.54) is 0 Å². The summed E-state index contributed by atoms with van der Waals surface area (Å²) in [4.78, 5) is 27.8. The Hall–Kier alpha value is -3.68. The number of para-hydroxylation sites is 1. The number of fused-ring (bicyclic) bond motifs is 1. The van der Waals surface area contributed by atoms with E-state index in [-0.39, 0.29) is 12.2 Å². The highest BCUT2D eigenvalue weighted by Gasteiger charge is 2.33. The third-order valence-corrected chi connectivity index (χ3v) is 6.15. The fourth-order valence-electron chi connectivity index (χ4n) is 4.30. The number of hydrogen-bond donors (Lipinski definition) is 1. The van der Waals surface area contributed by atoms with Crippen LogP contribution in [0.5, 0.6) is 5.88 Å². The lowest BCUT2D eigenvalue weighted by Gasteiger charge is -2.36. The van der Waals surface area contributed by atoms with Crippen molar-refractivity contribution in [2.45, 2.75) is 57.8 Å². The van der Waals surface area contributed by atoms with Gasteiger partial charge in [-0.25, -0.2) is 19.7 Å². The van der Waals surface area contributed by atoms with E-state index in [1.807, 2.05) is 51.1 Å². The van der Waals surface area contributed by atoms with Crippen LogP contribution in [0.2, 0.25) is 0 Å². The number of anilines is 1. The van der Waals surface area contributed by atoms with Gasteiger partial charge in [-0.2, -0.15) is 0 Å². The first kappa shape index (κ1) is 23.1. The molecule has 8 nitrogen and oxygen atoms in total. The third-order valence-electron chi connectivity index (χ3n) is 6.15. The fraction of sp³-hybridized carbons (Fsp3) is 0.407. The predicted octanol–water partition coefficient (Wildman–Crippen LogP) is 5.07. The van der Waals surface area contributed by atoms with E-state index in [9.17, 15) is 4.79 Å². The first-order chi connectivity index (χ1) is 16.8. The van der Waals surface area contributed by atoms with E-state index in [4.69, 9.17) is 14.5 Å². The van der Waals surface area contributed by atoms with Crippen molar-refractivity contribution in [2.24, 2.45) is 0 Å². The van der Waals surface area contributed by atoms with E-state index >= 15 is 0 Å². The Labute approximate surface area is 205 Å². The van der Waals surface area contributed by atoms with Gasteiger partial charge in [0.1, 0.15) is 23.2 Å². The number of carbonyl (C=O) groups excluding carboxylic acids is 1. The Kier molecular flexibility index (Phi) is 6.28. The molecular formula is C27H31N5O3. The zero-order chi connectivity index (χ0) is 24.4. The molecule has 0 atom stereocenters. The van der Waals surface area contributed by atoms with Gasteiger partial charge in [0.2, 0.25) is 5.88 Å². The van der Waals surface area contributed by atoms with Gasteiger partial charge in [-0.3, -0.25) is 0 Å². The summed E-state index contributed by atoms with van der Waals surface area (Å²) in [6, 6.07) is 12.5. The molecule has 182 valence electrons. The van der Waals surface area contributed by atoms with Crippen LogP contribution in [0.1, 0.15) is 45.7 Å². The van der Waals surface area contributed by atoms with Gasteiger partial charge in [0.25, 0.3) is 0 Å². The van der Waals surface area contributed by atoms with Crippen molar-refractivity contribution in [1.82, 2.24) is 19.9 Å². The first-order valence-electron chi connectivity index (χ1n) is 12.1. The molecule has 1 N–H and O–H groups in total. The molecule has 8 heteroatoms. The lowest BCUT2D eigenvalue weighted by Crippen LogP contribution is -2.43. The first-order valence-corrected chi connectivity index (χ1v) is 12.1. The van der Waals surface area contributed by atoms with Crippen molar-refractivity contribution in [2.75, 3.05) is 18.4 Å². The number of benzene rings is 1. The molecule has 0 unspecified atom stereocenters. The summed E-state index contributed by atoms with van der Waals surface area (Å²) in [6.45, 7) is 6.67. The molecule has 2 aromatic heterocycles. The minimum atomic E-state index is -0.507. The summed E-state index contributed by atoms with van der Waals surface area (Å²) < 4.78 is 11.7. The number of nitrogens with zero attached hydrogens (tertiary/aromatic N) is 4. The number of ether oxygens (including phenoxy) is 2. The second-order valence-electron chi connectivity index (χ2n) is 10.1. The highest BCUT2D eigenvalue weighted by atomic mass is 16.6. The molecule has 2 aliphatic rings. The molecule has 3 aromatic rings. The maximum absolute atomic E-state index is 12.4. The molecule has 1 aliphatic heterocycles. The Balaban J connectivity index is 1.17. The van der Waals surface area contributed by atoms with E-state index in [0.717, 1.165) is 40.8 Å². The molecule has 1 saturated carbocycles. The average Bonchev–Trinajstić information content (AvgIpc) is 2.82. The van der Waals surface area contributed by atoms with Crippen molar-refractivity contribution >= 4 is 28.4 Å². The minimum absolute atomic E-state index is 0.0749. The fourth-order valence-corrected chi connectivity index (χ4v) is 4.30. The maximum atomic E-state index is 12.4. The topological polar surface area (TPSA) is 89.5 Å². The van der Waals surface area contributed by atoms with E-state index in [1.54, 1.807) is 17.3 Å². The molecule has 1 amide bonds. The quantitative estimate of drug-likeness (QED) is 0.553. The zero-order valence-corrected chi connectivity index (χ0v) is 20.4. The molecule has 0 bridgehead atoms. The van der Waals surface area contributed by atoms with E-state index < -0.39 is 5.60 Å². The molecule has 1 aromatic carbocycles. The van der Waals surface area contributed by atoms with Gasteiger partial charge < -0.3 is 19.7 Å². The molecule has 35 heavy (non-hydrogen) atoms. The summed E-state index contributed by atoms with van der Waals surface area (Å²) in [6.07, 6.45) is 7.55. The van der Waals surface area contributed by atoms with Crippen LogP contribution >= 0.6 is 0 Å². The van der Waals surface area contributed by atoms with Crippen LogP contribution in [-0.2, 0) is 4.74 Å². The van der Waals surface area contributed by atoms with Crippen LogP contribution in [0.25, 0.3) is 16.5 Å². The summed E-state index contributed by atoms with van der Waals surface area (Å²) in [5, 5.41) is 4.64. The zero-order valence-electron chi connectivity index (χ0n) is 20.4. The van der Waals surface area contributed by atoms with Gasteiger partial charge in [0, 0.05) is 49.8 Å². The Morgan fingerprint density at radius 1 is 1.09 bits per heavy atom. The van der Waals surface area contributed by atoms with Gasteiger partial charge in [-0.1, -0.05) is 24.3 Å². The average molecular weight is 474 g/mol. The SMILES string of the molecule is CC(C)(C)OC(=O)N1CC=C(c2nccnc2O[C@H]2C[C@@H](Nc3ccc4ccccc4n3)C2)CC1. The summed E-state index contributed by atoms with van der Waals surface area (Å²) in [5.41, 5.74) is 2.28. The largest absolute Gasteiger partial charge is 0.473 e. The molecule has 0 radical (unpaired) electrons. The van der Waals surface area contributed by atoms with Gasteiger partial charge in [-0.05, 0) is 51.0 Å². The van der Waals surface area contributed by atoms with Crippen LogP contribution in [-0.4, -0.2) is 56.8 Å². The van der Waals surface area contributed by atoms with Crippen molar-refractivity contribution < 1.29 is 14.3 Å². The van der Waals surface area contributed by atoms with Crippen LogP contribution in [0.4, 0.5) is 10.6 Å². The van der Waals surface area contributed by atoms with Crippen LogP contribution in [0, 0.1) is 0 Å². The minimum Gasteiger partial charge on any atom is -0.473 e. The number of nitrogens with one attached hydrogen (secondary N) is 1. The number of amides is 1. The molecule has 0 spiro atoms. The highest BCUT2D eigenvalue weighted by molar-refractivity contribution is 5.80. The maximum Gasteiger partial charge on any atom is 0.410 e. The summed E-state index contributed by atoms with van der Waals surface area (Å²) in [7, 11) is 0. The molecule has 5 rings (SSSR count).